The minimum Gasteiger partial charge on any atom is -0.497 e. The first-order valence-electron chi connectivity index (χ1n) is 8.60. The van der Waals surface area contributed by atoms with Crippen molar-refractivity contribution in [2.45, 2.75) is 19.3 Å². The lowest BCUT2D eigenvalue weighted by molar-refractivity contribution is 0.414. The van der Waals surface area contributed by atoms with Gasteiger partial charge in [0.15, 0.2) is 0 Å². The lowest BCUT2D eigenvalue weighted by atomic mass is 10.1. The molecule has 3 aromatic rings. The zero-order valence-corrected chi connectivity index (χ0v) is 14.3. The van der Waals surface area contributed by atoms with Crippen molar-refractivity contribution in [2.24, 2.45) is 0 Å². The molecular weight excluding hydrogens is 314 g/mol. The number of benzene rings is 1. The van der Waals surface area contributed by atoms with Crippen LogP contribution in [-0.4, -0.2) is 39.9 Å². The van der Waals surface area contributed by atoms with Crippen LogP contribution in [0.3, 0.4) is 0 Å². The monoisotopic (exact) mass is 335 g/mol. The summed E-state index contributed by atoms with van der Waals surface area (Å²) in [5, 5.41) is 4.37. The van der Waals surface area contributed by atoms with Crippen molar-refractivity contribution in [1.82, 2.24) is 19.7 Å². The highest BCUT2D eigenvalue weighted by Crippen LogP contribution is 2.30. The number of aromatic nitrogens is 4. The maximum Gasteiger partial charge on any atom is 0.132 e. The van der Waals surface area contributed by atoms with Gasteiger partial charge in [-0.2, -0.15) is 5.10 Å². The van der Waals surface area contributed by atoms with E-state index in [1.165, 1.54) is 19.3 Å². The van der Waals surface area contributed by atoms with Gasteiger partial charge < -0.3 is 9.64 Å². The number of hydrogen-bond acceptors (Lipinski definition) is 5. The number of rotatable bonds is 4. The predicted octanol–water partition coefficient (Wildman–Crippen LogP) is 3.33. The van der Waals surface area contributed by atoms with Crippen LogP contribution in [0.1, 0.15) is 19.3 Å². The van der Waals surface area contributed by atoms with Crippen LogP contribution in [0.4, 0.5) is 5.82 Å². The zero-order chi connectivity index (χ0) is 17.1. The topological polar surface area (TPSA) is 56.1 Å². The molecule has 0 amide bonds. The number of nitrogens with zero attached hydrogens (tertiary/aromatic N) is 5. The summed E-state index contributed by atoms with van der Waals surface area (Å²) < 4.78 is 7.21. The lowest BCUT2D eigenvalue weighted by Gasteiger charge is -2.27. The Labute approximate surface area is 147 Å². The molecule has 0 atom stereocenters. The van der Waals surface area contributed by atoms with Gasteiger partial charge in [-0.05, 0) is 37.5 Å². The van der Waals surface area contributed by atoms with E-state index in [1.807, 2.05) is 35.1 Å². The Morgan fingerprint density at radius 3 is 2.68 bits per heavy atom. The van der Waals surface area contributed by atoms with Gasteiger partial charge in [0, 0.05) is 43.2 Å². The van der Waals surface area contributed by atoms with Crippen LogP contribution in [0.15, 0.2) is 49.1 Å². The molecule has 3 heterocycles. The molecule has 0 bridgehead atoms. The Balaban J connectivity index is 1.76. The molecule has 1 aliphatic heterocycles. The van der Waals surface area contributed by atoms with Crippen molar-refractivity contribution in [3.05, 3.63) is 49.1 Å². The lowest BCUT2D eigenvalue weighted by Crippen LogP contribution is -2.30. The Morgan fingerprint density at radius 2 is 1.92 bits per heavy atom. The Morgan fingerprint density at radius 1 is 1.04 bits per heavy atom. The molecule has 128 valence electrons. The maximum atomic E-state index is 5.38. The van der Waals surface area contributed by atoms with Crippen LogP contribution in [0.25, 0.3) is 16.9 Å². The number of methoxy groups -OCH3 is 1. The standard InChI is InChI=1S/C19H21N5O/c1-25-15-6-7-16(18(12-15)24-11-5-8-22-24)17-13-19(21-14-20-17)23-9-3-2-4-10-23/h5-8,11-14H,2-4,9-10H2,1H3. The summed E-state index contributed by atoms with van der Waals surface area (Å²) in [5.41, 5.74) is 2.83. The average molecular weight is 335 g/mol. The molecule has 0 radical (unpaired) electrons. The van der Waals surface area contributed by atoms with E-state index in [-0.39, 0.29) is 0 Å². The molecule has 1 aromatic carbocycles. The summed E-state index contributed by atoms with van der Waals surface area (Å²) in [5.74, 6) is 1.78. The highest BCUT2D eigenvalue weighted by molar-refractivity contribution is 5.73. The van der Waals surface area contributed by atoms with Crippen LogP contribution >= 0.6 is 0 Å². The minimum atomic E-state index is 0.791. The van der Waals surface area contributed by atoms with E-state index >= 15 is 0 Å². The normalized spacial score (nSPS) is 14.5. The van der Waals surface area contributed by atoms with Gasteiger partial charge in [-0.3, -0.25) is 0 Å². The molecule has 1 fully saturated rings. The van der Waals surface area contributed by atoms with Crippen molar-refractivity contribution in [3.63, 3.8) is 0 Å². The van der Waals surface area contributed by atoms with Gasteiger partial charge in [0.05, 0.1) is 18.5 Å². The Hall–Kier alpha value is -2.89. The van der Waals surface area contributed by atoms with Crippen molar-refractivity contribution >= 4 is 5.82 Å². The van der Waals surface area contributed by atoms with Crippen LogP contribution in [0.5, 0.6) is 5.75 Å². The second-order valence-electron chi connectivity index (χ2n) is 6.14. The number of anilines is 1. The summed E-state index contributed by atoms with van der Waals surface area (Å²) >= 11 is 0. The highest BCUT2D eigenvalue weighted by atomic mass is 16.5. The fourth-order valence-electron chi connectivity index (χ4n) is 3.25. The smallest absolute Gasteiger partial charge is 0.132 e. The minimum absolute atomic E-state index is 0.791. The molecule has 6 nitrogen and oxygen atoms in total. The predicted molar refractivity (Wildman–Crippen MR) is 97.2 cm³/mol. The van der Waals surface area contributed by atoms with Crippen LogP contribution < -0.4 is 9.64 Å². The summed E-state index contributed by atoms with van der Waals surface area (Å²) in [6.07, 6.45) is 9.08. The summed E-state index contributed by atoms with van der Waals surface area (Å²) in [7, 11) is 1.67. The van der Waals surface area contributed by atoms with Gasteiger partial charge in [0.2, 0.25) is 0 Å². The molecule has 0 aliphatic carbocycles. The van der Waals surface area contributed by atoms with Gasteiger partial charge in [-0.1, -0.05) is 0 Å². The van der Waals surface area contributed by atoms with E-state index in [9.17, 15) is 0 Å². The molecule has 25 heavy (non-hydrogen) atoms. The summed E-state index contributed by atoms with van der Waals surface area (Å²) in [6, 6.07) is 9.93. The Bertz CT molecular complexity index is 841. The fourth-order valence-corrected chi connectivity index (χ4v) is 3.25. The molecule has 1 saturated heterocycles. The van der Waals surface area contributed by atoms with Crippen molar-refractivity contribution in [2.75, 3.05) is 25.1 Å². The summed E-state index contributed by atoms with van der Waals surface area (Å²) in [4.78, 5) is 11.3. The third-order valence-electron chi connectivity index (χ3n) is 4.56. The van der Waals surface area contributed by atoms with E-state index in [0.29, 0.717) is 0 Å². The van der Waals surface area contributed by atoms with E-state index in [2.05, 4.69) is 26.0 Å². The first-order valence-corrected chi connectivity index (χ1v) is 8.60. The molecule has 0 N–H and O–H groups in total. The van der Waals surface area contributed by atoms with E-state index in [0.717, 1.165) is 41.6 Å². The van der Waals surface area contributed by atoms with Crippen LogP contribution in [0, 0.1) is 0 Å². The molecule has 4 rings (SSSR count). The first kappa shape index (κ1) is 15.6. The second-order valence-corrected chi connectivity index (χ2v) is 6.14. The van der Waals surface area contributed by atoms with Gasteiger partial charge in [0.25, 0.3) is 0 Å². The van der Waals surface area contributed by atoms with Gasteiger partial charge in [0.1, 0.15) is 17.9 Å². The molecular formula is C19H21N5O. The SMILES string of the molecule is COc1ccc(-c2cc(N3CCCCC3)ncn2)c(-n2cccn2)c1. The summed E-state index contributed by atoms with van der Waals surface area (Å²) in [6.45, 7) is 2.12. The van der Waals surface area contributed by atoms with Crippen LogP contribution in [-0.2, 0) is 0 Å². The second kappa shape index (κ2) is 6.93. The average Bonchev–Trinajstić information content (AvgIpc) is 3.23. The number of ether oxygens (including phenoxy) is 1. The van der Waals surface area contributed by atoms with Crippen molar-refractivity contribution in [1.29, 1.82) is 0 Å². The molecule has 2 aromatic heterocycles. The third-order valence-corrected chi connectivity index (χ3v) is 4.56. The molecule has 6 heteroatoms. The zero-order valence-electron chi connectivity index (χ0n) is 14.3. The fraction of sp³-hybridized carbons (Fsp3) is 0.316. The highest BCUT2D eigenvalue weighted by Gasteiger charge is 2.15. The van der Waals surface area contributed by atoms with Gasteiger partial charge in [-0.25, -0.2) is 14.6 Å². The Kier molecular flexibility index (Phi) is 4.33. The van der Waals surface area contributed by atoms with Crippen molar-refractivity contribution < 1.29 is 4.74 Å². The molecule has 0 unspecified atom stereocenters. The first-order chi connectivity index (χ1) is 12.3. The molecule has 0 spiro atoms. The third kappa shape index (κ3) is 3.20. The van der Waals surface area contributed by atoms with E-state index < -0.39 is 0 Å². The van der Waals surface area contributed by atoms with E-state index in [1.54, 1.807) is 19.6 Å². The number of hydrogen-bond donors (Lipinski definition) is 0. The maximum absolute atomic E-state index is 5.38. The van der Waals surface area contributed by atoms with Gasteiger partial charge >= 0.3 is 0 Å². The molecule has 0 saturated carbocycles. The number of piperidine rings is 1. The quantitative estimate of drug-likeness (QED) is 0.732. The van der Waals surface area contributed by atoms with Gasteiger partial charge in [-0.15, -0.1) is 0 Å². The largest absolute Gasteiger partial charge is 0.497 e. The van der Waals surface area contributed by atoms with Crippen LogP contribution in [0.2, 0.25) is 0 Å². The van der Waals surface area contributed by atoms with E-state index in [4.69, 9.17) is 4.74 Å². The molecule has 1 aliphatic rings. The van der Waals surface area contributed by atoms with Crippen molar-refractivity contribution in [3.8, 4) is 22.7 Å².